The lowest BCUT2D eigenvalue weighted by Crippen LogP contribution is -2.54. The van der Waals surface area contributed by atoms with Crippen molar-refractivity contribution in [3.05, 3.63) is 17.0 Å². The lowest BCUT2D eigenvalue weighted by atomic mass is 9.61. The topological polar surface area (TPSA) is 43.8 Å². The Bertz CT molecular complexity index is 455. The number of aryl methyl sites for hydroxylation is 1. The summed E-state index contributed by atoms with van der Waals surface area (Å²) in [5.41, 5.74) is 7.94. The second-order valence-corrected chi connectivity index (χ2v) is 5.78. The van der Waals surface area contributed by atoms with Gasteiger partial charge in [0, 0.05) is 42.1 Å². The highest BCUT2D eigenvalue weighted by Crippen LogP contribution is 2.54. The van der Waals surface area contributed by atoms with E-state index in [1.807, 2.05) is 32.4 Å². The van der Waals surface area contributed by atoms with Crippen molar-refractivity contribution in [1.82, 2.24) is 9.78 Å². The van der Waals surface area contributed by atoms with Crippen molar-refractivity contribution in [1.29, 1.82) is 0 Å². The van der Waals surface area contributed by atoms with Gasteiger partial charge in [0.2, 0.25) is 5.92 Å². The zero-order valence-corrected chi connectivity index (χ0v) is 11.4. The molecular formula is C13H21F2N3. The number of nitrogens with two attached hydrogens (primary N) is 1. The van der Waals surface area contributed by atoms with E-state index in [1.54, 1.807) is 0 Å². The highest BCUT2D eigenvalue weighted by atomic mass is 19.3. The molecule has 2 rings (SSSR count). The monoisotopic (exact) mass is 257 g/mol. The van der Waals surface area contributed by atoms with Gasteiger partial charge in [-0.2, -0.15) is 5.10 Å². The van der Waals surface area contributed by atoms with E-state index in [9.17, 15) is 8.78 Å². The second-order valence-electron chi connectivity index (χ2n) is 5.78. The minimum Gasteiger partial charge on any atom is -0.330 e. The fourth-order valence-electron chi connectivity index (χ4n) is 3.29. The summed E-state index contributed by atoms with van der Waals surface area (Å²) in [7, 11) is 0. The van der Waals surface area contributed by atoms with E-state index in [0.717, 1.165) is 17.0 Å². The van der Waals surface area contributed by atoms with Crippen LogP contribution >= 0.6 is 0 Å². The third kappa shape index (κ3) is 1.85. The molecule has 0 saturated heterocycles. The van der Waals surface area contributed by atoms with Gasteiger partial charge in [0.1, 0.15) is 0 Å². The maximum absolute atomic E-state index is 13.3. The van der Waals surface area contributed by atoms with Crippen LogP contribution < -0.4 is 5.73 Å². The molecule has 102 valence electrons. The maximum atomic E-state index is 13.3. The summed E-state index contributed by atoms with van der Waals surface area (Å²) in [6.07, 6.45) is -0.302. The lowest BCUT2D eigenvalue weighted by molar-refractivity contribution is -0.124. The Morgan fingerprint density at radius 1 is 1.33 bits per heavy atom. The van der Waals surface area contributed by atoms with E-state index in [-0.39, 0.29) is 25.4 Å². The first-order valence-corrected chi connectivity index (χ1v) is 6.36. The summed E-state index contributed by atoms with van der Waals surface area (Å²) >= 11 is 0. The molecule has 1 aliphatic carbocycles. The van der Waals surface area contributed by atoms with Gasteiger partial charge in [-0.05, 0) is 27.7 Å². The van der Waals surface area contributed by atoms with Gasteiger partial charge in [-0.25, -0.2) is 8.78 Å². The molecule has 1 saturated carbocycles. The van der Waals surface area contributed by atoms with E-state index in [2.05, 4.69) is 5.10 Å². The molecule has 1 heterocycles. The zero-order valence-electron chi connectivity index (χ0n) is 11.4. The van der Waals surface area contributed by atoms with Gasteiger partial charge in [-0.3, -0.25) is 4.68 Å². The van der Waals surface area contributed by atoms with Gasteiger partial charge in [0.05, 0.1) is 5.69 Å². The van der Waals surface area contributed by atoms with Crippen molar-refractivity contribution < 1.29 is 8.78 Å². The average molecular weight is 257 g/mol. The molecule has 1 aromatic rings. The Labute approximate surface area is 106 Å². The highest BCUT2D eigenvalue weighted by molar-refractivity contribution is 5.38. The highest BCUT2D eigenvalue weighted by Gasteiger charge is 2.58. The van der Waals surface area contributed by atoms with Gasteiger partial charge < -0.3 is 5.73 Å². The Morgan fingerprint density at radius 2 is 1.89 bits per heavy atom. The Kier molecular flexibility index (Phi) is 3.00. The van der Waals surface area contributed by atoms with Crippen LogP contribution in [-0.2, 0) is 5.41 Å². The molecule has 3 nitrogen and oxygen atoms in total. The molecule has 0 aliphatic heterocycles. The minimum absolute atomic E-state index is 0.151. The fraction of sp³-hybridized carbons (Fsp3) is 0.769. The Morgan fingerprint density at radius 3 is 2.22 bits per heavy atom. The first-order valence-electron chi connectivity index (χ1n) is 6.36. The van der Waals surface area contributed by atoms with Crippen molar-refractivity contribution >= 4 is 0 Å². The quantitative estimate of drug-likeness (QED) is 0.904. The molecule has 5 heteroatoms. The molecule has 0 atom stereocenters. The van der Waals surface area contributed by atoms with Crippen LogP contribution in [0.15, 0.2) is 0 Å². The van der Waals surface area contributed by atoms with E-state index in [0.29, 0.717) is 0 Å². The summed E-state index contributed by atoms with van der Waals surface area (Å²) in [5, 5.41) is 4.47. The van der Waals surface area contributed by atoms with Crippen molar-refractivity contribution in [2.45, 2.75) is 57.9 Å². The van der Waals surface area contributed by atoms with E-state index in [1.165, 1.54) is 0 Å². The van der Waals surface area contributed by atoms with Gasteiger partial charge in [0.15, 0.2) is 0 Å². The molecule has 0 bridgehead atoms. The van der Waals surface area contributed by atoms with E-state index < -0.39 is 11.3 Å². The van der Waals surface area contributed by atoms with Gasteiger partial charge in [-0.1, -0.05) is 0 Å². The standard InChI is InChI=1S/C13H21F2N3/c1-8(2)18-10(4)11(9(3)17-18)12(7-16)5-13(14,15)6-12/h8H,5-7,16H2,1-4H3. The summed E-state index contributed by atoms with van der Waals surface area (Å²) in [4.78, 5) is 0. The fourth-order valence-corrected chi connectivity index (χ4v) is 3.29. The van der Waals surface area contributed by atoms with Crippen LogP contribution in [0.25, 0.3) is 0 Å². The van der Waals surface area contributed by atoms with Crippen LogP contribution in [-0.4, -0.2) is 22.2 Å². The molecule has 1 fully saturated rings. The number of halogens is 2. The van der Waals surface area contributed by atoms with Crippen molar-refractivity contribution in [2.75, 3.05) is 6.54 Å². The number of hydrogen-bond acceptors (Lipinski definition) is 2. The van der Waals surface area contributed by atoms with Crippen molar-refractivity contribution in [2.24, 2.45) is 5.73 Å². The first-order chi connectivity index (χ1) is 8.22. The third-order valence-electron chi connectivity index (χ3n) is 3.93. The summed E-state index contributed by atoms with van der Waals surface area (Å²) in [5.74, 6) is -2.57. The van der Waals surface area contributed by atoms with Gasteiger partial charge in [-0.15, -0.1) is 0 Å². The second kappa shape index (κ2) is 4.02. The average Bonchev–Trinajstić information content (AvgIpc) is 2.51. The van der Waals surface area contributed by atoms with Crippen LogP contribution in [0.3, 0.4) is 0 Å². The largest absolute Gasteiger partial charge is 0.330 e. The molecular weight excluding hydrogens is 236 g/mol. The SMILES string of the molecule is Cc1nn(C(C)C)c(C)c1C1(CN)CC(F)(F)C1. The number of hydrogen-bond donors (Lipinski definition) is 1. The summed E-state index contributed by atoms with van der Waals surface area (Å²) in [6, 6.07) is 0.230. The molecule has 0 unspecified atom stereocenters. The van der Waals surface area contributed by atoms with Crippen molar-refractivity contribution in [3.8, 4) is 0 Å². The lowest BCUT2D eigenvalue weighted by Gasteiger charge is -2.47. The van der Waals surface area contributed by atoms with Crippen LogP contribution in [0, 0.1) is 13.8 Å². The number of rotatable bonds is 3. The molecule has 18 heavy (non-hydrogen) atoms. The maximum Gasteiger partial charge on any atom is 0.250 e. The predicted molar refractivity (Wildman–Crippen MR) is 67.0 cm³/mol. The zero-order chi connectivity index (χ0) is 13.7. The molecule has 0 aromatic carbocycles. The van der Waals surface area contributed by atoms with E-state index in [4.69, 9.17) is 5.73 Å². The van der Waals surface area contributed by atoms with Crippen LogP contribution in [0.5, 0.6) is 0 Å². The summed E-state index contributed by atoms with van der Waals surface area (Å²) in [6.45, 7) is 8.16. The minimum atomic E-state index is -2.57. The van der Waals surface area contributed by atoms with E-state index >= 15 is 0 Å². The van der Waals surface area contributed by atoms with Gasteiger partial charge in [0.25, 0.3) is 0 Å². The normalized spacial score (nSPS) is 21.1. The molecule has 0 amide bonds. The number of nitrogens with zero attached hydrogens (tertiary/aromatic N) is 2. The molecule has 0 spiro atoms. The molecule has 2 N–H and O–H groups in total. The molecule has 1 aliphatic rings. The number of alkyl halides is 2. The van der Waals surface area contributed by atoms with Crippen LogP contribution in [0.1, 0.15) is 49.7 Å². The third-order valence-corrected chi connectivity index (χ3v) is 3.93. The number of aromatic nitrogens is 2. The Hall–Kier alpha value is -0.970. The summed E-state index contributed by atoms with van der Waals surface area (Å²) < 4.78 is 28.4. The van der Waals surface area contributed by atoms with Crippen LogP contribution in [0.4, 0.5) is 8.78 Å². The van der Waals surface area contributed by atoms with Crippen LogP contribution in [0.2, 0.25) is 0 Å². The first kappa shape index (κ1) is 13.5. The van der Waals surface area contributed by atoms with Crippen molar-refractivity contribution in [3.63, 3.8) is 0 Å². The Balaban J connectivity index is 2.45. The van der Waals surface area contributed by atoms with Gasteiger partial charge >= 0.3 is 0 Å². The molecule has 0 radical (unpaired) electrons. The molecule has 1 aromatic heterocycles. The smallest absolute Gasteiger partial charge is 0.250 e. The predicted octanol–water partition coefficient (Wildman–Crippen LogP) is 2.71.